The lowest BCUT2D eigenvalue weighted by atomic mass is 10.0. The van der Waals surface area contributed by atoms with Crippen LogP contribution in [0.5, 0.6) is 0 Å². The van der Waals surface area contributed by atoms with Crippen LogP contribution in [0.4, 0.5) is 17.5 Å². The maximum absolute atomic E-state index is 9.80. The molecule has 5 rings (SSSR count). The molecule has 1 aliphatic heterocycles. The first-order valence-corrected chi connectivity index (χ1v) is 10.1. The van der Waals surface area contributed by atoms with E-state index in [1.54, 1.807) is 13.1 Å². The monoisotopic (exact) mass is 405 g/mol. The highest BCUT2D eigenvalue weighted by Crippen LogP contribution is 2.35. The van der Waals surface area contributed by atoms with Crippen LogP contribution in [0.2, 0.25) is 0 Å². The van der Waals surface area contributed by atoms with Crippen molar-refractivity contribution in [3.8, 4) is 11.5 Å². The molecule has 1 aliphatic carbocycles. The van der Waals surface area contributed by atoms with E-state index in [0.717, 1.165) is 37.1 Å². The van der Waals surface area contributed by atoms with Gasteiger partial charge in [0.1, 0.15) is 5.82 Å². The first-order chi connectivity index (χ1) is 14.7. The summed E-state index contributed by atoms with van der Waals surface area (Å²) < 4.78 is 5.58. The summed E-state index contributed by atoms with van der Waals surface area (Å²) in [6, 6.07) is 6.07. The molecule has 3 aromatic rings. The van der Waals surface area contributed by atoms with Gasteiger partial charge < -0.3 is 20.2 Å². The molecule has 1 saturated carbocycles. The van der Waals surface area contributed by atoms with Gasteiger partial charge in [0.2, 0.25) is 11.8 Å². The maximum Gasteiger partial charge on any atom is 0.253 e. The van der Waals surface area contributed by atoms with Gasteiger partial charge in [0.15, 0.2) is 0 Å². The van der Waals surface area contributed by atoms with Crippen LogP contribution in [0.25, 0.3) is 11.5 Å². The maximum atomic E-state index is 9.80. The summed E-state index contributed by atoms with van der Waals surface area (Å²) in [5.41, 5.74) is 3.92. The van der Waals surface area contributed by atoms with Crippen LogP contribution in [-0.4, -0.2) is 50.7 Å². The molecule has 0 amide bonds. The van der Waals surface area contributed by atoms with Crippen molar-refractivity contribution < 1.29 is 9.52 Å². The highest BCUT2D eigenvalue weighted by atomic mass is 16.4. The van der Waals surface area contributed by atoms with E-state index in [1.807, 2.05) is 18.3 Å². The number of nitrogens with one attached hydrogen (secondary N) is 2. The van der Waals surface area contributed by atoms with Crippen LogP contribution in [0.1, 0.15) is 29.9 Å². The third kappa shape index (κ3) is 3.88. The summed E-state index contributed by atoms with van der Waals surface area (Å²) >= 11 is 0. The highest BCUT2D eigenvalue weighted by molar-refractivity contribution is 5.84. The van der Waals surface area contributed by atoms with Crippen LogP contribution in [-0.2, 0) is 6.42 Å². The van der Waals surface area contributed by atoms with E-state index in [1.165, 1.54) is 5.56 Å². The van der Waals surface area contributed by atoms with E-state index in [4.69, 9.17) is 4.42 Å². The van der Waals surface area contributed by atoms with Gasteiger partial charge in [-0.25, -0.2) is 4.98 Å². The normalized spacial score (nSPS) is 16.2. The molecule has 9 nitrogen and oxygen atoms in total. The molecule has 0 radical (unpaired) electrons. The number of hydrogen-bond donors (Lipinski definition) is 3. The van der Waals surface area contributed by atoms with Crippen molar-refractivity contribution in [2.45, 2.75) is 32.2 Å². The Morgan fingerprint density at radius 3 is 2.93 bits per heavy atom. The van der Waals surface area contributed by atoms with E-state index in [-0.39, 0.29) is 12.6 Å². The Kier molecular flexibility index (Phi) is 4.88. The molecule has 1 aromatic carbocycles. The number of aryl methyl sites for hydroxylation is 1. The van der Waals surface area contributed by atoms with Crippen LogP contribution in [0, 0.1) is 12.8 Å². The number of aliphatic imine (C=N–C) groups is 1. The van der Waals surface area contributed by atoms with Crippen molar-refractivity contribution in [2.24, 2.45) is 10.9 Å². The summed E-state index contributed by atoms with van der Waals surface area (Å²) in [7, 11) is 0. The van der Waals surface area contributed by atoms with Gasteiger partial charge in [-0.2, -0.15) is 4.98 Å². The van der Waals surface area contributed by atoms with Gasteiger partial charge in [0.05, 0.1) is 18.2 Å². The summed E-state index contributed by atoms with van der Waals surface area (Å²) in [4.78, 5) is 13.4. The zero-order valence-electron chi connectivity index (χ0n) is 16.7. The summed E-state index contributed by atoms with van der Waals surface area (Å²) in [5, 5.41) is 24.4. The van der Waals surface area contributed by atoms with Crippen LogP contribution < -0.4 is 10.6 Å². The highest BCUT2D eigenvalue weighted by Gasteiger charge is 2.32. The largest absolute Gasteiger partial charge is 0.421 e. The second kappa shape index (κ2) is 7.83. The third-order valence-electron chi connectivity index (χ3n) is 5.39. The van der Waals surface area contributed by atoms with Crippen molar-refractivity contribution in [2.75, 3.05) is 23.8 Å². The van der Waals surface area contributed by atoms with Crippen LogP contribution >= 0.6 is 0 Å². The minimum Gasteiger partial charge on any atom is -0.421 e. The van der Waals surface area contributed by atoms with Gasteiger partial charge in [-0.05, 0) is 48.4 Å². The molecular weight excluding hydrogens is 382 g/mol. The lowest BCUT2D eigenvalue weighted by Gasteiger charge is -2.18. The number of fused-ring (bicyclic) bond motifs is 1. The Morgan fingerprint density at radius 1 is 1.27 bits per heavy atom. The Morgan fingerprint density at radius 2 is 2.17 bits per heavy atom. The molecule has 0 saturated heterocycles. The number of nitrogens with zero attached hydrogens (tertiary/aromatic N) is 5. The van der Waals surface area contributed by atoms with Crippen molar-refractivity contribution >= 4 is 23.7 Å². The van der Waals surface area contributed by atoms with E-state index < -0.39 is 0 Å². The number of benzene rings is 1. The average Bonchev–Trinajstić information content (AvgIpc) is 3.52. The fourth-order valence-corrected chi connectivity index (χ4v) is 3.60. The molecule has 2 aliphatic rings. The van der Waals surface area contributed by atoms with Gasteiger partial charge in [0.25, 0.3) is 5.89 Å². The Hall–Kier alpha value is -3.33. The van der Waals surface area contributed by atoms with E-state index in [9.17, 15) is 5.11 Å². The van der Waals surface area contributed by atoms with Crippen molar-refractivity contribution in [3.05, 3.63) is 41.4 Å². The van der Waals surface area contributed by atoms with Crippen molar-refractivity contribution in [1.82, 2.24) is 20.2 Å². The predicted molar refractivity (Wildman–Crippen MR) is 113 cm³/mol. The van der Waals surface area contributed by atoms with Crippen molar-refractivity contribution in [1.29, 1.82) is 0 Å². The van der Waals surface area contributed by atoms with Crippen LogP contribution in [0.3, 0.4) is 0 Å². The lowest BCUT2D eigenvalue weighted by Crippen LogP contribution is -2.27. The van der Waals surface area contributed by atoms with E-state index in [2.05, 4.69) is 41.9 Å². The summed E-state index contributed by atoms with van der Waals surface area (Å²) in [6.45, 7) is 2.58. The lowest BCUT2D eigenvalue weighted by molar-refractivity contribution is 0.263. The summed E-state index contributed by atoms with van der Waals surface area (Å²) in [6.07, 6.45) is 6.69. The molecule has 9 heteroatoms. The van der Waals surface area contributed by atoms with Gasteiger partial charge in [-0.3, -0.25) is 4.99 Å². The molecule has 0 spiro atoms. The SMILES string of the molecule is Cc1nnc(-c2cnc(Nc3ccc4c(c3)CCN=C4)nc2N[C@H](CO)C2CC2)o1. The quantitative estimate of drug-likeness (QED) is 0.549. The molecular formula is C21H23N7O2. The molecule has 2 aromatic heterocycles. The van der Waals surface area contributed by atoms with E-state index in [0.29, 0.717) is 35.0 Å². The Balaban J connectivity index is 1.45. The molecule has 30 heavy (non-hydrogen) atoms. The molecule has 3 heterocycles. The smallest absolute Gasteiger partial charge is 0.253 e. The van der Waals surface area contributed by atoms with Gasteiger partial charge in [-0.15, -0.1) is 10.2 Å². The van der Waals surface area contributed by atoms with Crippen molar-refractivity contribution in [3.63, 3.8) is 0 Å². The fraction of sp³-hybridized carbons (Fsp3) is 0.381. The second-order valence-electron chi connectivity index (χ2n) is 7.68. The van der Waals surface area contributed by atoms with Gasteiger partial charge in [0, 0.05) is 31.6 Å². The van der Waals surface area contributed by atoms with Gasteiger partial charge >= 0.3 is 0 Å². The zero-order chi connectivity index (χ0) is 20.5. The molecule has 0 unspecified atom stereocenters. The molecule has 1 atom stereocenters. The number of rotatable bonds is 7. The molecule has 154 valence electrons. The zero-order valence-corrected chi connectivity index (χ0v) is 16.7. The Bertz CT molecular complexity index is 1090. The number of aliphatic hydroxyl groups is 1. The third-order valence-corrected chi connectivity index (χ3v) is 5.39. The Labute approximate surface area is 173 Å². The predicted octanol–water partition coefficient (Wildman–Crippen LogP) is 2.74. The minimum absolute atomic E-state index is 0.0338. The summed E-state index contributed by atoms with van der Waals surface area (Å²) in [5.74, 6) is 2.28. The number of hydrogen-bond acceptors (Lipinski definition) is 9. The average molecular weight is 405 g/mol. The molecule has 1 fully saturated rings. The first kappa shape index (κ1) is 18.7. The first-order valence-electron chi connectivity index (χ1n) is 10.1. The number of aliphatic hydroxyl groups excluding tert-OH is 1. The second-order valence-corrected chi connectivity index (χ2v) is 7.68. The minimum atomic E-state index is -0.0708. The topological polar surface area (TPSA) is 121 Å². The molecule has 0 bridgehead atoms. The van der Waals surface area contributed by atoms with Gasteiger partial charge in [-0.1, -0.05) is 6.07 Å². The molecule has 3 N–H and O–H groups in total. The fourth-order valence-electron chi connectivity index (χ4n) is 3.60. The standard InChI is InChI=1S/C21H23N7O2/c1-12-27-28-20(30-12)17-10-23-21(26-19(17)25-18(11-29)13-2-3-13)24-16-5-4-15-9-22-7-6-14(15)8-16/h4-5,8-10,13,18,29H,2-3,6-7,11H2,1H3,(H2,23,24,25,26)/t18-/m1/s1. The van der Waals surface area contributed by atoms with E-state index >= 15 is 0 Å². The number of anilines is 3. The number of aromatic nitrogens is 4. The van der Waals surface area contributed by atoms with Crippen LogP contribution in [0.15, 0.2) is 33.8 Å².